The molecular formula is C20H24FN5O2. The number of halogens is 1. The van der Waals surface area contributed by atoms with Gasteiger partial charge in [0.2, 0.25) is 0 Å². The van der Waals surface area contributed by atoms with Crippen LogP contribution in [0.4, 0.5) is 20.6 Å². The Hall–Kier alpha value is -3.26. The molecule has 2 N–H and O–H groups in total. The fraction of sp³-hybridized carbons (Fsp3) is 0.450. The molecule has 0 saturated carbocycles. The van der Waals surface area contributed by atoms with Crippen molar-refractivity contribution in [1.29, 1.82) is 10.5 Å². The number of likely N-dealkylation sites (tertiary alicyclic amines) is 1. The summed E-state index contributed by atoms with van der Waals surface area (Å²) in [5.74, 6) is -0.434. The minimum atomic E-state index is -0.528. The topological polar surface area (TPSA) is 101 Å². The molecule has 1 amide bonds. The number of anilines is 2. The zero-order valence-corrected chi connectivity index (χ0v) is 16.3. The van der Waals surface area contributed by atoms with Gasteiger partial charge in [-0.05, 0) is 51.8 Å². The second-order valence-corrected chi connectivity index (χ2v) is 7.50. The van der Waals surface area contributed by atoms with E-state index in [1.54, 1.807) is 23.1 Å². The first kappa shape index (κ1) is 21.0. The van der Waals surface area contributed by atoms with Gasteiger partial charge in [0.25, 0.3) is 0 Å². The Balaban J connectivity index is 2.00. The molecule has 7 nitrogen and oxygen atoms in total. The maximum Gasteiger partial charge on any atom is 0.410 e. The normalized spacial score (nSPS) is 14.4. The standard InChI is InChI=1S/C20H24FN5O2/c1-20(2,3)28-19(27)26-8-6-16(7-9-26)25-17-5-4-15(21)10-18(17)24-13-14(11-22)12-23/h4-5,10,13,16,24-25H,6-9H2,1-3H3. The number of benzene rings is 1. The molecule has 2 rings (SSSR count). The third-order valence-corrected chi connectivity index (χ3v) is 4.10. The Kier molecular flexibility index (Phi) is 6.84. The Morgan fingerprint density at radius 3 is 2.46 bits per heavy atom. The first-order chi connectivity index (χ1) is 13.2. The van der Waals surface area contributed by atoms with E-state index in [2.05, 4.69) is 10.6 Å². The molecule has 1 aliphatic rings. The van der Waals surface area contributed by atoms with Crippen molar-refractivity contribution < 1.29 is 13.9 Å². The Morgan fingerprint density at radius 2 is 1.89 bits per heavy atom. The van der Waals surface area contributed by atoms with E-state index in [4.69, 9.17) is 15.3 Å². The molecule has 0 radical (unpaired) electrons. The number of ether oxygens (including phenoxy) is 1. The van der Waals surface area contributed by atoms with Gasteiger partial charge in [0.15, 0.2) is 0 Å². The van der Waals surface area contributed by atoms with Crippen LogP contribution in [0, 0.1) is 28.5 Å². The van der Waals surface area contributed by atoms with E-state index in [1.165, 1.54) is 18.3 Å². The van der Waals surface area contributed by atoms with Gasteiger partial charge in [-0.3, -0.25) is 0 Å². The molecule has 1 fully saturated rings. The maximum atomic E-state index is 13.6. The van der Waals surface area contributed by atoms with Gasteiger partial charge in [-0.1, -0.05) is 0 Å². The van der Waals surface area contributed by atoms with Crippen LogP contribution in [0.15, 0.2) is 30.0 Å². The lowest BCUT2D eigenvalue weighted by molar-refractivity contribution is 0.0210. The maximum absolute atomic E-state index is 13.6. The zero-order chi connectivity index (χ0) is 20.7. The summed E-state index contributed by atoms with van der Waals surface area (Å²) in [4.78, 5) is 13.8. The molecule has 0 aliphatic carbocycles. The summed E-state index contributed by atoms with van der Waals surface area (Å²) in [6, 6.07) is 7.81. The molecule has 0 unspecified atom stereocenters. The van der Waals surface area contributed by atoms with Crippen molar-refractivity contribution in [2.75, 3.05) is 23.7 Å². The van der Waals surface area contributed by atoms with Crippen molar-refractivity contribution in [2.45, 2.75) is 45.3 Å². The summed E-state index contributed by atoms with van der Waals surface area (Å²) in [6.45, 7) is 6.62. The van der Waals surface area contributed by atoms with Crippen LogP contribution in [0.5, 0.6) is 0 Å². The lowest BCUT2D eigenvalue weighted by atomic mass is 10.0. The minimum Gasteiger partial charge on any atom is -0.444 e. The fourth-order valence-corrected chi connectivity index (χ4v) is 2.75. The second kappa shape index (κ2) is 9.09. The molecule has 0 atom stereocenters. The van der Waals surface area contributed by atoms with Gasteiger partial charge < -0.3 is 20.3 Å². The molecule has 28 heavy (non-hydrogen) atoms. The molecule has 1 aromatic rings. The highest BCUT2D eigenvalue weighted by atomic mass is 19.1. The number of nitrogens with one attached hydrogen (secondary N) is 2. The first-order valence-electron chi connectivity index (χ1n) is 9.03. The number of nitrogens with zero attached hydrogens (tertiary/aromatic N) is 3. The van der Waals surface area contributed by atoms with E-state index < -0.39 is 11.4 Å². The van der Waals surface area contributed by atoms with Crippen LogP contribution in [-0.2, 0) is 4.74 Å². The van der Waals surface area contributed by atoms with E-state index in [1.807, 2.05) is 20.8 Å². The van der Waals surface area contributed by atoms with Crippen LogP contribution >= 0.6 is 0 Å². The molecule has 0 bridgehead atoms. The fourth-order valence-electron chi connectivity index (χ4n) is 2.75. The molecule has 0 spiro atoms. The van der Waals surface area contributed by atoms with Crippen molar-refractivity contribution in [3.8, 4) is 12.1 Å². The van der Waals surface area contributed by atoms with Gasteiger partial charge in [0.1, 0.15) is 29.1 Å². The van der Waals surface area contributed by atoms with E-state index in [-0.39, 0.29) is 17.7 Å². The monoisotopic (exact) mass is 385 g/mol. The highest BCUT2D eigenvalue weighted by Crippen LogP contribution is 2.26. The number of hydrogen-bond donors (Lipinski definition) is 2. The molecule has 1 heterocycles. The Labute approximate surface area is 164 Å². The molecule has 8 heteroatoms. The quantitative estimate of drug-likeness (QED) is 0.760. The van der Waals surface area contributed by atoms with Gasteiger partial charge in [0.05, 0.1) is 11.4 Å². The van der Waals surface area contributed by atoms with Gasteiger partial charge in [-0.2, -0.15) is 10.5 Å². The molecule has 1 aliphatic heterocycles. The van der Waals surface area contributed by atoms with Crippen molar-refractivity contribution in [3.05, 3.63) is 35.8 Å². The number of allylic oxidation sites excluding steroid dienone is 1. The van der Waals surface area contributed by atoms with Crippen LogP contribution in [0.2, 0.25) is 0 Å². The predicted octanol–water partition coefficient (Wildman–Crippen LogP) is 3.98. The Bertz CT molecular complexity index is 808. The number of rotatable bonds is 4. The van der Waals surface area contributed by atoms with Crippen LogP contribution in [-0.4, -0.2) is 35.7 Å². The highest BCUT2D eigenvalue weighted by Gasteiger charge is 2.27. The van der Waals surface area contributed by atoms with Crippen molar-refractivity contribution >= 4 is 17.5 Å². The first-order valence-corrected chi connectivity index (χ1v) is 9.03. The van der Waals surface area contributed by atoms with Gasteiger partial charge in [0, 0.05) is 25.3 Å². The summed E-state index contributed by atoms with van der Waals surface area (Å²) >= 11 is 0. The lowest BCUT2D eigenvalue weighted by Gasteiger charge is -2.34. The SMILES string of the molecule is CC(C)(C)OC(=O)N1CCC(Nc2ccc(F)cc2NC=C(C#N)C#N)CC1. The van der Waals surface area contributed by atoms with Crippen molar-refractivity contribution in [1.82, 2.24) is 4.90 Å². The van der Waals surface area contributed by atoms with Crippen molar-refractivity contribution in [2.24, 2.45) is 0 Å². The van der Waals surface area contributed by atoms with E-state index in [9.17, 15) is 9.18 Å². The van der Waals surface area contributed by atoms with Crippen LogP contribution in [0.1, 0.15) is 33.6 Å². The van der Waals surface area contributed by atoms with Gasteiger partial charge in [-0.25, -0.2) is 9.18 Å². The highest BCUT2D eigenvalue weighted by molar-refractivity contribution is 5.71. The summed E-state index contributed by atoms with van der Waals surface area (Å²) < 4.78 is 19.0. The minimum absolute atomic E-state index is 0.0973. The average molecular weight is 385 g/mol. The van der Waals surface area contributed by atoms with Crippen LogP contribution in [0.3, 0.4) is 0 Å². The zero-order valence-electron chi connectivity index (χ0n) is 16.3. The van der Waals surface area contributed by atoms with E-state index in [0.29, 0.717) is 37.3 Å². The van der Waals surface area contributed by atoms with Crippen molar-refractivity contribution in [3.63, 3.8) is 0 Å². The van der Waals surface area contributed by atoms with Gasteiger partial charge >= 0.3 is 6.09 Å². The Morgan fingerprint density at radius 1 is 1.25 bits per heavy atom. The number of piperidine rings is 1. The number of carbonyl (C=O) groups excluding carboxylic acids is 1. The van der Waals surface area contributed by atoms with E-state index in [0.717, 1.165) is 0 Å². The number of nitriles is 2. The predicted molar refractivity (Wildman–Crippen MR) is 104 cm³/mol. The number of carbonyl (C=O) groups is 1. The largest absolute Gasteiger partial charge is 0.444 e. The second-order valence-electron chi connectivity index (χ2n) is 7.50. The number of amides is 1. The smallest absolute Gasteiger partial charge is 0.410 e. The molecule has 1 aromatic carbocycles. The number of hydrogen-bond acceptors (Lipinski definition) is 6. The van der Waals surface area contributed by atoms with E-state index >= 15 is 0 Å². The van der Waals surface area contributed by atoms with Gasteiger partial charge in [-0.15, -0.1) is 0 Å². The summed E-state index contributed by atoms with van der Waals surface area (Å²) in [6.07, 6.45) is 2.35. The van der Waals surface area contributed by atoms with Crippen LogP contribution < -0.4 is 10.6 Å². The molecule has 148 valence electrons. The molecule has 1 saturated heterocycles. The lowest BCUT2D eigenvalue weighted by Crippen LogP contribution is -2.44. The summed E-state index contributed by atoms with van der Waals surface area (Å²) in [5.41, 5.74) is 0.446. The summed E-state index contributed by atoms with van der Waals surface area (Å²) in [5, 5.41) is 23.8. The van der Waals surface area contributed by atoms with Crippen LogP contribution in [0.25, 0.3) is 0 Å². The molecule has 0 aromatic heterocycles. The molecular weight excluding hydrogens is 361 g/mol. The summed E-state index contributed by atoms with van der Waals surface area (Å²) in [7, 11) is 0. The third kappa shape index (κ3) is 6.17. The third-order valence-electron chi connectivity index (χ3n) is 4.10. The average Bonchev–Trinajstić information content (AvgIpc) is 2.63.